The molecule has 0 aliphatic carbocycles. The third-order valence-corrected chi connectivity index (χ3v) is 3.03. The third kappa shape index (κ3) is 2.46. The molecule has 2 aromatic carbocycles. The van der Waals surface area contributed by atoms with Crippen molar-refractivity contribution in [1.82, 2.24) is 0 Å². The molecule has 0 bridgehead atoms. The molecule has 0 aromatic heterocycles. The van der Waals surface area contributed by atoms with Gasteiger partial charge in [-0.25, -0.2) is 0 Å². The molecule has 3 nitrogen and oxygen atoms in total. The Morgan fingerprint density at radius 2 is 1.72 bits per heavy atom. The Labute approximate surface area is 108 Å². The minimum atomic E-state index is -0.174. The number of rotatable bonds is 4. The van der Waals surface area contributed by atoms with Gasteiger partial charge in [0.1, 0.15) is 5.75 Å². The monoisotopic (exact) mass is 242 g/mol. The zero-order valence-corrected chi connectivity index (χ0v) is 10.7. The van der Waals surface area contributed by atoms with Crippen LogP contribution in [-0.2, 0) is 0 Å². The van der Waals surface area contributed by atoms with Crippen LogP contribution in [0.5, 0.6) is 5.75 Å². The summed E-state index contributed by atoms with van der Waals surface area (Å²) >= 11 is 0. The van der Waals surface area contributed by atoms with Crippen LogP contribution in [0.4, 0.5) is 5.69 Å². The molecule has 2 rings (SSSR count). The van der Waals surface area contributed by atoms with E-state index in [1.807, 2.05) is 55.6 Å². The number of nitrogens with one attached hydrogen (secondary N) is 1. The van der Waals surface area contributed by atoms with Gasteiger partial charge < -0.3 is 15.8 Å². The van der Waals surface area contributed by atoms with E-state index in [1.54, 1.807) is 7.11 Å². The van der Waals surface area contributed by atoms with Crippen molar-refractivity contribution in [3.63, 3.8) is 0 Å². The summed E-state index contributed by atoms with van der Waals surface area (Å²) in [7, 11) is 3.56. The first-order valence-corrected chi connectivity index (χ1v) is 5.92. The molecule has 0 heterocycles. The summed E-state index contributed by atoms with van der Waals surface area (Å²) in [5.41, 5.74) is 9.42. The Bertz CT molecular complexity index is 508. The minimum absolute atomic E-state index is 0.174. The SMILES string of the molecule is CNc1ccc(C(N)c2ccccc2OC)cc1. The van der Waals surface area contributed by atoms with E-state index in [0.29, 0.717) is 0 Å². The zero-order valence-electron chi connectivity index (χ0n) is 10.7. The lowest BCUT2D eigenvalue weighted by atomic mass is 9.98. The molecule has 0 fully saturated rings. The van der Waals surface area contributed by atoms with Crippen LogP contribution < -0.4 is 15.8 Å². The van der Waals surface area contributed by atoms with E-state index in [4.69, 9.17) is 10.5 Å². The maximum atomic E-state index is 6.28. The van der Waals surface area contributed by atoms with E-state index in [2.05, 4.69) is 5.32 Å². The van der Waals surface area contributed by atoms with Crippen molar-refractivity contribution in [2.45, 2.75) is 6.04 Å². The molecule has 1 unspecified atom stereocenters. The predicted molar refractivity (Wildman–Crippen MR) is 75.0 cm³/mol. The lowest BCUT2D eigenvalue weighted by molar-refractivity contribution is 0.408. The first kappa shape index (κ1) is 12.5. The Hall–Kier alpha value is -2.00. The average Bonchev–Trinajstić information content (AvgIpc) is 2.46. The molecule has 3 heteroatoms. The number of anilines is 1. The largest absolute Gasteiger partial charge is 0.496 e. The van der Waals surface area contributed by atoms with Crippen LogP contribution in [0.25, 0.3) is 0 Å². The highest BCUT2D eigenvalue weighted by molar-refractivity contribution is 5.47. The van der Waals surface area contributed by atoms with Gasteiger partial charge in [-0.05, 0) is 23.8 Å². The molecule has 0 aliphatic rings. The van der Waals surface area contributed by atoms with Crippen molar-refractivity contribution in [1.29, 1.82) is 0 Å². The quantitative estimate of drug-likeness (QED) is 0.866. The summed E-state index contributed by atoms with van der Waals surface area (Å²) in [5.74, 6) is 0.822. The fourth-order valence-electron chi connectivity index (χ4n) is 1.96. The summed E-state index contributed by atoms with van der Waals surface area (Å²) in [6.45, 7) is 0. The Morgan fingerprint density at radius 3 is 2.33 bits per heavy atom. The summed E-state index contributed by atoms with van der Waals surface area (Å²) < 4.78 is 5.34. The number of methoxy groups -OCH3 is 1. The van der Waals surface area contributed by atoms with Crippen LogP contribution in [0.2, 0.25) is 0 Å². The van der Waals surface area contributed by atoms with Crippen LogP contribution >= 0.6 is 0 Å². The molecule has 0 amide bonds. The van der Waals surface area contributed by atoms with E-state index >= 15 is 0 Å². The van der Waals surface area contributed by atoms with Gasteiger partial charge in [0.2, 0.25) is 0 Å². The molecule has 0 saturated carbocycles. The number of ether oxygens (including phenoxy) is 1. The van der Waals surface area contributed by atoms with E-state index in [0.717, 1.165) is 22.6 Å². The Kier molecular flexibility index (Phi) is 3.85. The lowest BCUT2D eigenvalue weighted by Crippen LogP contribution is -2.13. The summed E-state index contributed by atoms with van der Waals surface area (Å²) in [6.07, 6.45) is 0. The lowest BCUT2D eigenvalue weighted by Gasteiger charge is -2.16. The maximum absolute atomic E-state index is 6.28. The van der Waals surface area contributed by atoms with E-state index in [-0.39, 0.29) is 6.04 Å². The minimum Gasteiger partial charge on any atom is -0.496 e. The highest BCUT2D eigenvalue weighted by Gasteiger charge is 2.13. The molecule has 2 aromatic rings. The second kappa shape index (κ2) is 5.56. The Morgan fingerprint density at radius 1 is 1.06 bits per heavy atom. The van der Waals surface area contributed by atoms with Gasteiger partial charge in [0, 0.05) is 18.3 Å². The van der Waals surface area contributed by atoms with Crippen LogP contribution in [0.3, 0.4) is 0 Å². The fourth-order valence-corrected chi connectivity index (χ4v) is 1.96. The molecular weight excluding hydrogens is 224 g/mol. The second-order valence-electron chi connectivity index (χ2n) is 4.09. The second-order valence-corrected chi connectivity index (χ2v) is 4.09. The van der Waals surface area contributed by atoms with Crippen LogP contribution in [0.15, 0.2) is 48.5 Å². The molecule has 18 heavy (non-hydrogen) atoms. The van der Waals surface area contributed by atoms with E-state index in [9.17, 15) is 0 Å². The van der Waals surface area contributed by atoms with Crippen LogP contribution in [0, 0.1) is 0 Å². The molecule has 1 atom stereocenters. The van der Waals surface area contributed by atoms with Gasteiger partial charge in [-0.1, -0.05) is 30.3 Å². The molecule has 94 valence electrons. The van der Waals surface area contributed by atoms with Gasteiger partial charge in [-0.3, -0.25) is 0 Å². The number of nitrogens with two attached hydrogens (primary N) is 1. The molecular formula is C15H18N2O. The number of hydrogen-bond acceptors (Lipinski definition) is 3. The number of benzene rings is 2. The first-order valence-electron chi connectivity index (χ1n) is 5.92. The van der Waals surface area contributed by atoms with Gasteiger partial charge in [0.05, 0.1) is 13.2 Å². The first-order chi connectivity index (χ1) is 8.76. The third-order valence-electron chi connectivity index (χ3n) is 3.03. The van der Waals surface area contributed by atoms with Gasteiger partial charge in [-0.2, -0.15) is 0 Å². The summed E-state index contributed by atoms with van der Waals surface area (Å²) in [4.78, 5) is 0. The van der Waals surface area contributed by atoms with Crippen molar-refractivity contribution in [2.24, 2.45) is 5.73 Å². The van der Waals surface area contributed by atoms with Gasteiger partial charge in [0.15, 0.2) is 0 Å². The molecule has 0 radical (unpaired) electrons. The van der Waals surface area contributed by atoms with Crippen molar-refractivity contribution in [2.75, 3.05) is 19.5 Å². The number of hydrogen-bond donors (Lipinski definition) is 2. The van der Waals surface area contributed by atoms with E-state index < -0.39 is 0 Å². The zero-order chi connectivity index (χ0) is 13.0. The van der Waals surface area contributed by atoms with Gasteiger partial charge in [-0.15, -0.1) is 0 Å². The molecule has 0 saturated heterocycles. The normalized spacial score (nSPS) is 11.9. The average molecular weight is 242 g/mol. The highest BCUT2D eigenvalue weighted by Crippen LogP contribution is 2.28. The van der Waals surface area contributed by atoms with Crippen molar-refractivity contribution >= 4 is 5.69 Å². The highest BCUT2D eigenvalue weighted by atomic mass is 16.5. The van der Waals surface area contributed by atoms with Crippen molar-refractivity contribution in [3.8, 4) is 5.75 Å². The van der Waals surface area contributed by atoms with Crippen LogP contribution in [-0.4, -0.2) is 14.2 Å². The van der Waals surface area contributed by atoms with Gasteiger partial charge in [0.25, 0.3) is 0 Å². The van der Waals surface area contributed by atoms with Gasteiger partial charge >= 0.3 is 0 Å². The van der Waals surface area contributed by atoms with Crippen molar-refractivity contribution in [3.05, 3.63) is 59.7 Å². The maximum Gasteiger partial charge on any atom is 0.123 e. The summed E-state index contributed by atoms with van der Waals surface area (Å²) in [6, 6.07) is 15.8. The molecule has 3 N–H and O–H groups in total. The standard InChI is InChI=1S/C15H18N2O/c1-17-12-9-7-11(8-10-12)15(16)13-5-3-4-6-14(13)18-2/h3-10,15,17H,16H2,1-2H3. The Balaban J connectivity index is 2.31. The van der Waals surface area contributed by atoms with E-state index in [1.165, 1.54) is 0 Å². The molecule has 0 spiro atoms. The smallest absolute Gasteiger partial charge is 0.123 e. The van der Waals surface area contributed by atoms with Crippen LogP contribution in [0.1, 0.15) is 17.2 Å². The predicted octanol–water partition coefficient (Wildman–Crippen LogP) is 2.79. The fraction of sp³-hybridized carbons (Fsp3) is 0.200. The molecule has 0 aliphatic heterocycles. The van der Waals surface area contributed by atoms with Crippen molar-refractivity contribution < 1.29 is 4.74 Å². The summed E-state index contributed by atoms with van der Waals surface area (Å²) in [5, 5.41) is 3.09. The number of para-hydroxylation sites is 1. The topological polar surface area (TPSA) is 47.3 Å².